The SMILES string of the molecule is CCC1C(CO)OC(CO)C(NC(=O)CCC(=O)O)C1O. The predicted octanol–water partition coefficient (Wildman–Crippen LogP) is -1.52. The molecule has 8 nitrogen and oxygen atoms in total. The van der Waals surface area contributed by atoms with Crippen molar-refractivity contribution in [3.8, 4) is 0 Å². The van der Waals surface area contributed by atoms with Gasteiger partial charge in [0.2, 0.25) is 5.91 Å². The summed E-state index contributed by atoms with van der Waals surface area (Å²) in [4.78, 5) is 22.1. The molecule has 1 rings (SSSR count). The van der Waals surface area contributed by atoms with Crippen LogP contribution in [0.3, 0.4) is 0 Å². The van der Waals surface area contributed by atoms with E-state index in [4.69, 9.17) is 9.84 Å². The van der Waals surface area contributed by atoms with Crippen LogP contribution in [0.4, 0.5) is 0 Å². The summed E-state index contributed by atoms with van der Waals surface area (Å²) in [6, 6.07) is -0.830. The number of carboxylic acid groups (broad SMARTS) is 1. The highest BCUT2D eigenvalue weighted by Gasteiger charge is 2.44. The van der Waals surface area contributed by atoms with Crippen molar-refractivity contribution in [2.75, 3.05) is 13.2 Å². The van der Waals surface area contributed by atoms with Gasteiger partial charge >= 0.3 is 5.97 Å². The first-order chi connectivity index (χ1) is 9.94. The molecule has 122 valence electrons. The van der Waals surface area contributed by atoms with Gasteiger partial charge in [0.05, 0.1) is 37.9 Å². The predicted molar refractivity (Wildman–Crippen MR) is 71.4 cm³/mol. The molecule has 5 N–H and O–H groups in total. The monoisotopic (exact) mass is 305 g/mol. The van der Waals surface area contributed by atoms with Crippen LogP contribution in [0.2, 0.25) is 0 Å². The van der Waals surface area contributed by atoms with Crippen molar-refractivity contribution in [2.45, 2.75) is 50.5 Å². The average Bonchev–Trinajstić information content (AvgIpc) is 2.46. The quantitative estimate of drug-likeness (QED) is 0.385. The first-order valence-corrected chi connectivity index (χ1v) is 7.00. The van der Waals surface area contributed by atoms with E-state index in [1.54, 1.807) is 0 Å². The van der Waals surface area contributed by atoms with Gasteiger partial charge in [-0.05, 0) is 6.42 Å². The van der Waals surface area contributed by atoms with E-state index < -0.39 is 42.8 Å². The minimum Gasteiger partial charge on any atom is -0.481 e. The van der Waals surface area contributed by atoms with Gasteiger partial charge in [-0.3, -0.25) is 9.59 Å². The number of carbonyl (C=O) groups is 2. The Morgan fingerprint density at radius 2 is 1.76 bits per heavy atom. The molecule has 0 radical (unpaired) electrons. The molecule has 0 aromatic carbocycles. The third-order valence-corrected chi connectivity index (χ3v) is 3.76. The lowest BCUT2D eigenvalue weighted by Gasteiger charge is -2.44. The van der Waals surface area contributed by atoms with Crippen LogP contribution < -0.4 is 5.32 Å². The maximum absolute atomic E-state index is 11.7. The molecule has 21 heavy (non-hydrogen) atoms. The fourth-order valence-electron chi connectivity index (χ4n) is 2.61. The van der Waals surface area contributed by atoms with Crippen molar-refractivity contribution in [1.29, 1.82) is 0 Å². The van der Waals surface area contributed by atoms with Crippen molar-refractivity contribution in [3.05, 3.63) is 0 Å². The van der Waals surface area contributed by atoms with Crippen LogP contribution >= 0.6 is 0 Å². The van der Waals surface area contributed by atoms with Crippen molar-refractivity contribution >= 4 is 11.9 Å². The van der Waals surface area contributed by atoms with E-state index in [0.717, 1.165) is 0 Å². The van der Waals surface area contributed by atoms with E-state index in [2.05, 4.69) is 5.32 Å². The van der Waals surface area contributed by atoms with Gasteiger partial charge in [0, 0.05) is 12.3 Å². The highest BCUT2D eigenvalue weighted by atomic mass is 16.5. The summed E-state index contributed by atoms with van der Waals surface area (Å²) in [7, 11) is 0. The lowest BCUT2D eigenvalue weighted by molar-refractivity contribution is -0.180. The maximum Gasteiger partial charge on any atom is 0.303 e. The fraction of sp³-hybridized carbons (Fsp3) is 0.846. The third kappa shape index (κ3) is 4.63. The average molecular weight is 305 g/mol. The van der Waals surface area contributed by atoms with Crippen LogP contribution in [-0.2, 0) is 14.3 Å². The van der Waals surface area contributed by atoms with Crippen molar-refractivity contribution in [2.24, 2.45) is 5.92 Å². The van der Waals surface area contributed by atoms with E-state index in [0.29, 0.717) is 6.42 Å². The molecule has 1 saturated heterocycles. The van der Waals surface area contributed by atoms with Gasteiger partial charge in [0.1, 0.15) is 6.10 Å². The highest BCUT2D eigenvalue weighted by Crippen LogP contribution is 2.28. The largest absolute Gasteiger partial charge is 0.481 e. The molecule has 0 saturated carbocycles. The summed E-state index contributed by atoms with van der Waals surface area (Å²) >= 11 is 0. The van der Waals surface area contributed by atoms with Gasteiger partial charge in [0.15, 0.2) is 0 Å². The van der Waals surface area contributed by atoms with Gasteiger partial charge in [-0.2, -0.15) is 0 Å². The summed E-state index contributed by atoms with van der Waals surface area (Å²) in [6.07, 6.45) is -2.41. The third-order valence-electron chi connectivity index (χ3n) is 3.76. The lowest BCUT2D eigenvalue weighted by atomic mass is 9.83. The zero-order valence-electron chi connectivity index (χ0n) is 11.9. The van der Waals surface area contributed by atoms with Gasteiger partial charge < -0.3 is 30.5 Å². The van der Waals surface area contributed by atoms with Crippen LogP contribution in [0, 0.1) is 5.92 Å². The number of ether oxygens (including phenoxy) is 1. The van der Waals surface area contributed by atoms with Crippen LogP contribution in [-0.4, -0.2) is 69.9 Å². The second kappa shape index (κ2) is 8.28. The fourth-order valence-corrected chi connectivity index (χ4v) is 2.61. The molecule has 1 heterocycles. The van der Waals surface area contributed by atoms with Gasteiger partial charge in [-0.1, -0.05) is 6.92 Å². The van der Waals surface area contributed by atoms with E-state index >= 15 is 0 Å². The Labute approximate surface area is 122 Å². The van der Waals surface area contributed by atoms with Crippen molar-refractivity contribution < 1.29 is 34.8 Å². The topological polar surface area (TPSA) is 136 Å². The van der Waals surface area contributed by atoms with Crippen molar-refractivity contribution in [1.82, 2.24) is 5.32 Å². The standard InChI is InChI=1S/C13H23NO7/c1-2-7-8(5-15)21-9(6-16)12(13(7)20)14-10(17)3-4-11(18)19/h7-9,12-13,15-16,20H,2-6H2,1H3,(H,14,17)(H,18,19). The highest BCUT2D eigenvalue weighted by molar-refractivity contribution is 5.80. The summed E-state index contributed by atoms with van der Waals surface area (Å²) in [6.45, 7) is 1.11. The second-order valence-electron chi connectivity index (χ2n) is 5.13. The molecule has 1 aliphatic heterocycles. The summed E-state index contributed by atoms with van der Waals surface area (Å²) in [5.74, 6) is -1.99. The van der Waals surface area contributed by atoms with E-state index in [1.165, 1.54) is 0 Å². The molecule has 5 atom stereocenters. The molecule has 1 fully saturated rings. The van der Waals surface area contributed by atoms with E-state index in [-0.39, 0.29) is 25.4 Å². The minimum atomic E-state index is -1.09. The summed E-state index contributed by atoms with van der Waals surface area (Å²) in [5, 5.41) is 40.0. The number of amides is 1. The first-order valence-electron chi connectivity index (χ1n) is 7.00. The van der Waals surface area contributed by atoms with Crippen LogP contribution in [0.1, 0.15) is 26.2 Å². The number of aliphatic hydroxyl groups excluding tert-OH is 3. The molecule has 0 spiro atoms. The molecular formula is C13H23NO7. The molecule has 1 aliphatic rings. The smallest absolute Gasteiger partial charge is 0.303 e. The lowest BCUT2D eigenvalue weighted by Crippen LogP contribution is -2.62. The molecule has 0 aromatic heterocycles. The molecule has 8 heteroatoms. The first kappa shape index (κ1) is 17.8. The summed E-state index contributed by atoms with van der Waals surface area (Å²) in [5.41, 5.74) is 0. The van der Waals surface area contributed by atoms with Crippen LogP contribution in [0.25, 0.3) is 0 Å². The van der Waals surface area contributed by atoms with Crippen molar-refractivity contribution in [3.63, 3.8) is 0 Å². The Kier molecular flexibility index (Phi) is 7.03. The van der Waals surface area contributed by atoms with Crippen LogP contribution in [0.15, 0.2) is 0 Å². The number of hydrogen-bond acceptors (Lipinski definition) is 6. The zero-order valence-corrected chi connectivity index (χ0v) is 11.9. The number of aliphatic hydroxyl groups is 3. The Hall–Kier alpha value is -1.22. The number of carbonyl (C=O) groups excluding carboxylic acids is 1. The van der Waals surface area contributed by atoms with Gasteiger partial charge in [-0.15, -0.1) is 0 Å². The Bertz CT molecular complexity index is 362. The Balaban J connectivity index is 2.72. The molecule has 0 aliphatic carbocycles. The zero-order chi connectivity index (χ0) is 16.0. The number of hydrogen-bond donors (Lipinski definition) is 5. The Morgan fingerprint density at radius 1 is 1.14 bits per heavy atom. The number of rotatable bonds is 7. The minimum absolute atomic E-state index is 0.211. The van der Waals surface area contributed by atoms with Gasteiger partial charge in [-0.25, -0.2) is 0 Å². The van der Waals surface area contributed by atoms with Gasteiger partial charge in [0.25, 0.3) is 0 Å². The summed E-state index contributed by atoms with van der Waals surface area (Å²) < 4.78 is 5.51. The molecule has 0 bridgehead atoms. The van der Waals surface area contributed by atoms with E-state index in [9.17, 15) is 24.9 Å². The molecular weight excluding hydrogens is 282 g/mol. The second-order valence-corrected chi connectivity index (χ2v) is 5.13. The Morgan fingerprint density at radius 3 is 2.24 bits per heavy atom. The molecule has 0 aromatic rings. The number of carboxylic acids is 1. The number of nitrogens with one attached hydrogen (secondary N) is 1. The van der Waals surface area contributed by atoms with E-state index in [1.807, 2.05) is 6.92 Å². The maximum atomic E-state index is 11.7. The molecule has 5 unspecified atom stereocenters. The van der Waals surface area contributed by atoms with Crippen LogP contribution in [0.5, 0.6) is 0 Å². The number of aliphatic carboxylic acids is 1. The normalized spacial score (nSPS) is 32.7. The molecule has 1 amide bonds.